The molecule has 1 aliphatic carbocycles. The van der Waals surface area contributed by atoms with Gasteiger partial charge in [0.1, 0.15) is 0 Å². The molecule has 1 saturated carbocycles. The van der Waals surface area contributed by atoms with E-state index in [9.17, 15) is 4.79 Å². The summed E-state index contributed by atoms with van der Waals surface area (Å²) in [5, 5.41) is 4.31. The lowest BCUT2D eigenvalue weighted by atomic mass is 10.2. The number of hydrogen-bond acceptors (Lipinski definition) is 5. The zero-order chi connectivity index (χ0) is 16.6. The number of hydrogen-bond donors (Lipinski definition) is 1. The Morgan fingerprint density at radius 2 is 2.00 bits per heavy atom. The van der Waals surface area contributed by atoms with Crippen LogP contribution in [0.2, 0.25) is 0 Å². The molecule has 128 valence electrons. The van der Waals surface area contributed by atoms with Crippen LogP contribution in [0.25, 0.3) is 10.2 Å². The van der Waals surface area contributed by atoms with Gasteiger partial charge in [0, 0.05) is 17.9 Å². The molecule has 1 aromatic carbocycles. The minimum absolute atomic E-state index is 0.0247. The number of rotatable bonds is 6. The van der Waals surface area contributed by atoms with E-state index in [1.807, 2.05) is 18.2 Å². The first-order valence-corrected chi connectivity index (χ1v) is 10.4. The number of thiazole rings is 1. The highest BCUT2D eigenvalue weighted by Gasteiger charge is 2.07. The molecule has 1 fully saturated rings. The largest absolute Gasteiger partial charge is 0.273 e. The van der Waals surface area contributed by atoms with Gasteiger partial charge in [-0.05, 0) is 44.2 Å². The van der Waals surface area contributed by atoms with E-state index in [0.29, 0.717) is 6.42 Å². The highest BCUT2D eigenvalue weighted by Crippen LogP contribution is 2.29. The molecular weight excluding hydrogens is 338 g/mol. The van der Waals surface area contributed by atoms with Gasteiger partial charge in [-0.25, -0.2) is 10.4 Å². The molecule has 0 unspecified atom stereocenters. The number of aromatic nitrogens is 1. The van der Waals surface area contributed by atoms with Crippen LogP contribution in [0.15, 0.2) is 33.7 Å². The average Bonchev–Trinajstić information content (AvgIpc) is 2.82. The summed E-state index contributed by atoms with van der Waals surface area (Å²) in [6, 6.07) is 8.18. The average molecular weight is 362 g/mol. The quantitative estimate of drug-likeness (QED) is 0.341. The van der Waals surface area contributed by atoms with E-state index in [4.69, 9.17) is 0 Å². The van der Waals surface area contributed by atoms with Gasteiger partial charge in [-0.2, -0.15) is 5.10 Å². The van der Waals surface area contributed by atoms with Crippen molar-refractivity contribution in [3.8, 4) is 0 Å². The third-order valence-electron chi connectivity index (χ3n) is 4.07. The Morgan fingerprint density at radius 3 is 2.79 bits per heavy atom. The molecule has 1 amide bonds. The normalized spacial score (nSPS) is 15.2. The number of carbonyl (C=O) groups excluding carboxylic acids is 1. The molecule has 0 radical (unpaired) electrons. The Bertz CT molecular complexity index is 668. The van der Waals surface area contributed by atoms with E-state index >= 15 is 0 Å². The van der Waals surface area contributed by atoms with Crippen molar-refractivity contribution in [2.75, 3.05) is 5.75 Å². The minimum Gasteiger partial charge on any atom is -0.273 e. The van der Waals surface area contributed by atoms with Crippen LogP contribution in [-0.4, -0.2) is 22.4 Å². The van der Waals surface area contributed by atoms with Crippen LogP contribution in [0.5, 0.6) is 0 Å². The fourth-order valence-corrected chi connectivity index (χ4v) is 4.83. The van der Waals surface area contributed by atoms with Crippen LogP contribution in [0, 0.1) is 0 Å². The molecule has 0 spiro atoms. The summed E-state index contributed by atoms with van der Waals surface area (Å²) >= 11 is 3.45. The highest BCUT2D eigenvalue weighted by atomic mass is 32.2. The summed E-state index contributed by atoms with van der Waals surface area (Å²) in [6.07, 6.45) is 8.42. The summed E-state index contributed by atoms with van der Waals surface area (Å²) in [5.41, 5.74) is 4.94. The molecule has 1 aromatic heterocycles. The maximum atomic E-state index is 11.9. The third-order valence-corrected chi connectivity index (χ3v) is 6.33. The predicted octanol–water partition coefficient (Wildman–Crippen LogP) is 5.00. The molecule has 24 heavy (non-hydrogen) atoms. The number of amides is 1. The van der Waals surface area contributed by atoms with Gasteiger partial charge in [0.05, 0.1) is 10.2 Å². The second kappa shape index (κ2) is 9.18. The number of nitrogens with zero attached hydrogens (tertiary/aromatic N) is 2. The molecule has 2 aromatic rings. The lowest BCUT2D eigenvalue weighted by Crippen LogP contribution is -2.19. The fraction of sp³-hybridized carbons (Fsp3) is 0.500. The van der Waals surface area contributed by atoms with E-state index in [1.165, 1.54) is 30.4 Å². The van der Waals surface area contributed by atoms with Gasteiger partial charge in [0.15, 0.2) is 4.34 Å². The molecule has 4 nitrogen and oxygen atoms in total. The van der Waals surface area contributed by atoms with Crippen LogP contribution in [0.3, 0.4) is 0 Å². The van der Waals surface area contributed by atoms with Crippen molar-refractivity contribution in [1.82, 2.24) is 10.4 Å². The second-order valence-electron chi connectivity index (χ2n) is 6.03. The Balaban J connectivity index is 1.36. The Labute approximate surface area is 151 Å². The molecule has 0 atom stereocenters. The topological polar surface area (TPSA) is 54.4 Å². The maximum Gasteiger partial charge on any atom is 0.240 e. The first-order chi connectivity index (χ1) is 11.8. The van der Waals surface area contributed by atoms with Gasteiger partial charge in [0.25, 0.3) is 0 Å². The molecule has 0 aliphatic heterocycles. The Morgan fingerprint density at radius 1 is 1.21 bits per heavy atom. The molecule has 3 rings (SSSR count). The van der Waals surface area contributed by atoms with Gasteiger partial charge in [-0.1, -0.05) is 36.7 Å². The van der Waals surface area contributed by atoms with Gasteiger partial charge < -0.3 is 0 Å². The van der Waals surface area contributed by atoms with Crippen LogP contribution in [0.4, 0.5) is 0 Å². The number of hydrazone groups is 1. The SMILES string of the molecule is O=C(CCCSc1nc2ccccc2s1)NN=C1CCCCCC1. The summed E-state index contributed by atoms with van der Waals surface area (Å²) in [5.74, 6) is 0.931. The number of para-hydroxylation sites is 1. The van der Waals surface area contributed by atoms with Crippen LogP contribution in [0.1, 0.15) is 51.4 Å². The molecule has 6 heteroatoms. The number of carbonyl (C=O) groups is 1. The second-order valence-corrected chi connectivity index (χ2v) is 8.40. The van der Waals surface area contributed by atoms with Crippen molar-refractivity contribution < 1.29 is 4.79 Å². The van der Waals surface area contributed by atoms with Crippen molar-refractivity contribution in [3.05, 3.63) is 24.3 Å². The molecular formula is C18H23N3OS2. The lowest BCUT2D eigenvalue weighted by Gasteiger charge is -2.03. The van der Waals surface area contributed by atoms with Gasteiger partial charge >= 0.3 is 0 Å². The number of thioether (sulfide) groups is 1. The Kier molecular flexibility index (Phi) is 6.66. The summed E-state index contributed by atoms with van der Waals surface area (Å²) in [6.45, 7) is 0. The molecule has 0 saturated heterocycles. The van der Waals surface area contributed by atoms with Crippen LogP contribution in [-0.2, 0) is 4.79 Å². The lowest BCUT2D eigenvalue weighted by molar-refractivity contribution is -0.121. The zero-order valence-electron chi connectivity index (χ0n) is 13.8. The first kappa shape index (κ1) is 17.4. The monoisotopic (exact) mass is 361 g/mol. The van der Waals surface area contributed by atoms with Gasteiger partial charge in [0.2, 0.25) is 5.91 Å². The molecule has 1 aliphatic rings. The van der Waals surface area contributed by atoms with Crippen molar-refractivity contribution in [2.24, 2.45) is 5.10 Å². The molecule has 1 N–H and O–H groups in total. The summed E-state index contributed by atoms with van der Waals surface area (Å²) in [7, 11) is 0. The van der Waals surface area contributed by atoms with Crippen molar-refractivity contribution in [3.63, 3.8) is 0 Å². The third kappa shape index (κ3) is 5.31. The predicted molar refractivity (Wildman–Crippen MR) is 103 cm³/mol. The van der Waals surface area contributed by atoms with Gasteiger partial charge in [-0.15, -0.1) is 11.3 Å². The maximum absolute atomic E-state index is 11.9. The van der Waals surface area contributed by atoms with Crippen molar-refractivity contribution in [1.29, 1.82) is 0 Å². The summed E-state index contributed by atoms with van der Waals surface area (Å²) < 4.78 is 2.30. The fourth-order valence-electron chi connectivity index (χ4n) is 2.75. The highest BCUT2D eigenvalue weighted by molar-refractivity contribution is 8.01. The standard InChI is InChI=1S/C18H23N3OS2/c22-17(21-20-14-8-3-1-2-4-9-14)12-7-13-23-18-19-15-10-5-6-11-16(15)24-18/h5-6,10-11H,1-4,7-9,12-13H2,(H,21,22). The van der Waals surface area contributed by atoms with E-state index in [-0.39, 0.29) is 5.91 Å². The number of fused-ring (bicyclic) bond motifs is 1. The number of benzene rings is 1. The minimum atomic E-state index is 0.0247. The van der Waals surface area contributed by atoms with E-state index < -0.39 is 0 Å². The number of nitrogens with one attached hydrogen (secondary N) is 1. The van der Waals surface area contributed by atoms with E-state index in [0.717, 1.165) is 40.6 Å². The van der Waals surface area contributed by atoms with Crippen molar-refractivity contribution >= 4 is 44.9 Å². The van der Waals surface area contributed by atoms with E-state index in [1.54, 1.807) is 23.1 Å². The molecule has 1 heterocycles. The van der Waals surface area contributed by atoms with Gasteiger partial charge in [-0.3, -0.25) is 4.79 Å². The summed E-state index contributed by atoms with van der Waals surface area (Å²) in [4.78, 5) is 16.5. The van der Waals surface area contributed by atoms with E-state index in [2.05, 4.69) is 21.6 Å². The molecule has 0 bridgehead atoms. The van der Waals surface area contributed by atoms with Crippen molar-refractivity contribution in [2.45, 2.75) is 55.7 Å². The van der Waals surface area contributed by atoms with Crippen LogP contribution < -0.4 is 5.43 Å². The zero-order valence-corrected chi connectivity index (χ0v) is 15.4. The van der Waals surface area contributed by atoms with Crippen LogP contribution >= 0.6 is 23.1 Å². The Hall–Kier alpha value is -1.40. The first-order valence-electron chi connectivity index (χ1n) is 8.64. The smallest absolute Gasteiger partial charge is 0.240 e.